The highest BCUT2D eigenvalue weighted by molar-refractivity contribution is 6.01. The minimum Gasteiger partial charge on any atom is -0.310 e. The summed E-state index contributed by atoms with van der Waals surface area (Å²) in [5.41, 5.74) is 9.16. The van der Waals surface area contributed by atoms with Gasteiger partial charge in [-0.2, -0.15) is 0 Å². The highest BCUT2D eigenvalue weighted by Gasteiger charge is 2.16. The van der Waals surface area contributed by atoms with Crippen molar-refractivity contribution in [3.8, 4) is 0 Å². The molecule has 0 saturated carbocycles. The fourth-order valence-electron chi connectivity index (χ4n) is 7.24. The van der Waals surface area contributed by atoms with Gasteiger partial charge in [0.25, 0.3) is 0 Å². The maximum Gasteiger partial charge on any atom is 0.0540 e. The number of benzene rings is 9. The van der Waals surface area contributed by atoms with E-state index in [1.54, 1.807) is 0 Å². The number of nitrogens with zero attached hydrogens (tertiary/aromatic N) is 2. The standard InChI is InChI=1S/C50H36N2/c1-3-17-43(18-4-1)51(49-23-11-15-39-13-7-9-21-47(39)49)45-32-28-37(29-33-45)25-26-38-27-30-42-36-46(34-31-41(42)35-38)52(44-19-5-2-6-20-44)50-24-12-16-40-14-8-10-22-48(40)50/h1-36H/b26-25+. The van der Waals surface area contributed by atoms with Crippen LogP contribution >= 0.6 is 0 Å². The third kappa shape index (κ3) is 6.08. The predicted molar refractivity (Wildman–Crippen MR) is 224 cm³/mol. The van der Waals surface area contributed by atoms with Crippen molar-refractivity contribution in [3.63, 3.8) is 0 Å². The van der Waals surface area contributed by atoms with Crippen LogP contribution in [0.5, 0.6) is 0 Å². The van der Waals surface area contributed by atoms with Gasteiger partial charge in [0.2, 0.25) is 0 Å². The molecular formula is C50H36N2. The molecule has 0 bridgehead atoms. The first kappa shape index (κ1) is 31.1. The normalized spacial score (nSPS) is 11.4. The number of anilines is 6. The van der Waals surface area contributed by atoms with Crippen molar-refractivity contribution in [2.24, 2.45) is 0 Å². The lowest BCUT2D eigenvalue weighted by Crippen LogP contribution is -2.10. The van der Waals surface area contributed by atoms with E-state index in [9.17, 15) is 0 Å². The maximum absolute atomic E-state index is 2.36. The Morgan fingerprint density at radius 3 is 1.31 bits per heavy atom. The molecule has 2 heteroatoms. The third-order valence-electron chi connectivity index (χ3n) is 9.77. The molecule has 0 heterocycles. The summed E-state index contributed by atoms with van der Waals surface area (Å²) in [6, 6.07) is 73.8. The molecule has 246 valence electrons. The number of hydrogen-bond donors (Lipinski definition) is 0. The van der Waals surface area contributed by atoms with E-state index in [2.05, 4.69) is 228 Å². The zero-order chi connectivity index (χ0) is 34.7. The SMILES string of the molecule is C(=C\c1ccc2cc(N(c3ccccc3)c3cccc4ccccc34)ccc2c1)/c1ccc(N(c2ccccc2)c2cccc3ccccc23)cc1. The van der Waals surface area contributed by atoms with Gasteiger partial charge in [0.15, 0.2) is 0 Å². The molecular weight excluding hydrogens is 629 g/mol. The van der Waals surface area contributed by atoms with Crippen molar-refractivity contribution in [1.82, 2.24) is 0 Å². The van der Waals surface area contributed by atoms with Crippen molar-refractivity contribution in [1.29, 1.82) is 0 Å². The zero-order valence-electron chi connectivity index (χ0n) is 28.7. The Morgan fingerprint density at radius 2 is 0.692 bits per heavy atom. The second kappa shape index (κ2) is 13.8. The highest BCUT2D eigenvalue weighted by atomic mass is 15.1. The summed E-state index contributed by atoms with van der Waals surface area (Å²) in [6.07, 6.45) is 4.40. The molecule has 9 rings (SSSR count). The molecule has 0 aliphatic rings. The van der Waals surface area contributed by atoms with Crippen molar-refractivity contribution in [2.45, 2.75) is 0 Å². The summed E-state index contributed by atoms with van der Waals surface area (Å²) in [4.78, 5) is 4.70. The molecule has 0 atom stereocenters. The van der Waals surface area contributed by atoms with Crippen LogP contribution in [0.2, 0.25) is 0 Å². The Kier molecular flexibility index (Phi) is 8.24. The van der Waals surface area contributed by atoms with Gasteiger partial charge in [-0.25, -0.2) is 0 Å². The Morgan fingerprint density at radius 1 is 0.269 bits per heavy atom. The van der Waals surface area contributed by atoms with E-state index < -0.39 is 0 Å². The lowest BCUT2D eigenvalue weighted by Gasteiger charge is -2.27. The van der Waals surface area contributed by atoms with E-state index in [0.717, 1.165) is 34.0 Å². The molecule has 2 nitrogen and oxygen atoms in total. The highest BCUT2D eigenvalue weighted by Crippen LogP contribution is 2.41. The van der Waals surface area contributed by atoms with E-state index in [-0.39, 0.29) is 0 Å². The molecule has 0 spiro atoms. The molecule has 0 amide bonds. The molecule has 0 saturated heterocycles. The smallest absolute Gasteiger partial charge is 0.0540 e. The minimum absolute atomic E-state index is 1.12. The largest absolute Gasteiger partial charge is 0.310 e. The molecule has 0 fully saturated rings. The van der Waals surface area contributed by atoms with Gasteiger partial charge in [-0.15, -0.1) is 0 Å². The first-order valence-corrected chi connectivity index (χ1v) is 17.8. The molecule has 0 unspecified atom stereocenters. The van der Waals surface area contributed by atoms with Crippen molar-refractivity contribution in [3.05, 3.63) is 217 Å². The summed E-state index contributed by atoms with van der Waals surface area (Å²) in [7, 11) is 0. The predicted octanol–water partition coefficient (Wildman–Crippen LogP) is 14.3. The van der Waals surface area contributed by atoms with Gasteiger partial charge in [0.1, 0.15) is 0 Å². The van der Waals surface area contributed by atoms with Gasteiger partial charge >= 0.3 is 0 Å². The zero-order valence-corrected chi connectivity index (χ0v) is 28.7. The van der Waals surface area contributed by atoms with Gasteiger partial charge in [-0.3, -0.25) is 0 Å². The Hall–Kier alpha value is -6.90. The fraction of sp³-hybridized carbons (Fsp3) is 0. The van der Waals surface area contributed by atoms with E-state index in [4.69, 9.17) is 0 Å². The monoisotopic (exact) mass is 664 g/mol. The van der Waals surface area contributed by atoms with Crippen molar-refractivity contribution >= 4 is 78.6 Å². The molecule has 0 N–H and O–H groups in total. The molecule has 9 aromatic carbocycles. The summed E-state index contributed by atoms with van der Waals surface area (Å²) < 4.78 is 0. The Balaban J connectivity index is 1.01. The van der Waals surface area contributed by atoms with Gasteiger partial charge < -0.3 is 9.80 Å². The lowest BCUT2D eigenvalue weighted by atomic mass is 10.0. The fourth-order valence-corrected chi connectivity index (χ4v) is 7.24. The number of para-hydroxylation sites is 2. The van der Waals surface area contributed by atoms with Crippen LogP contribution in [0.1, 0.15) is 11.1 Å². The molecule has 0 aromatic heterocycles. The van der Waals surface area contributed by atoms with E-state index in [0.29, 0.717) is 0 Å². The third-order valence-corrected chi connectivity index (χ3v) is 9.77. The van der Waals surface area contributed by atoms with Gasteiger partial charge in [-0.05, 0) is 99.4 Å². The second-order valence-electron chi connectivity index (χ2n) is 13.1. The second-order valence-corrected chi connectivity index (χ2v) is 13.1. The van der Waals surface area contributed by atoms with E-state index in [1.165, 1.54) is 43.6 Å². The first-order chi connectivity index (χ1) is 25.8. The Bertz CT molecular complexity index is 2670. The van der Waals surface area contributed by atoms with E-state index in [1.807, 2.05) is 0 Å². The summed E-state index contributed by atoms with van der Waals surface area (Å²) in [6.45, 7) is 0. The van der Waals surface area contributed by atoms with Crippen LogP contribution in [-0.2, 0) is 0 Å². The van der Waals surface area contributed by atoms with Crippen LogP contribution in [-0.4, -0.2) is 0 Å². The summed E-state index contributed by atoms with van der Waals surface area (Å²) in [5.74, 6) is 0. The van der Waals surface area contributed by atoms with Crippen LogP contribution in [0.3, 0.4) is 0 Å². The van der Waals surface area contributed by atoms with Gasteiger partial charge in [0, 0.05) is 33.5 Å². The minimum atomic E-state index is 1.12. The Labute approximate surface area is 304 Å². The van der Waals surface area contributed by atoms with Crippen LogP contribution in [0.15, 0.2) is 206 Å². The number of fused-ring (bicyclic) bond motifs is 3. The molecule has 0 aliphatic carbocycles. The quantitative estimate of drug-likeness (QED) is 0.149. The number of rotatable bonds is 8. The number of hydrogen-bond acceptors (Lipinski definition) is 2. The van der Waals surface area contributed by atoms with Crippen LogP contribution in [0.4, 0.5) is 34.1 Å². The van der Waals surface area contributed by atoms with Crippen molar-refractivity contribution < 1.29 is 0 Å². The molecule has 9 aromatic rings. The molecule has 0 radical (unpaired) electrons. The average molecular weight is 665 g/mol. The van der Waals surface area contributed by atoms with E-state index >= 15 is 0 Å². The van der Waals surface area contributed by atoms with Gasteiger partial charge in [0.05, 0.1) is 11.4 Å². The first-order valence-electron chi connectivity index (χ1n) is 17.8. The summed E-state index contributed by atoms with van der Waals surface area (Å²) in [5, 5.41) is 7.32. The topological polar surface area (TPSA) is 6.48 Å². The summed E-state index contributed by atoms with van der Waals surface area (Å²) >= 11 is 0. The average Bonchev–Trinajstić information content (AvgIpc) is 3.22. The van der Waals surface area contributed by atoms with Crippen LogP contribution in [0, 0.1) is 0 Å². The maximum atomic E-state index is 2.36. The van der Waals surface area contributed by atoms with Crippen LogP contribution < -0.4 is 9.80 Å². The molecule has 0 aliphatic heterocycles. The molecule has 52 heavy (non-hydrogen) atoms. The lowest BCUT2D eigenvalue weighted by molar-refractivity contribution is 1.30. The van der Waals surface area contributed by atoms with Crippen LogP contribution in [0.25, 0.3) is 44.5 Å². The van der Waals surface area contributed by atoms with Gasteiger partial charge in [-0.1, -0.05) is 152 Å². The van der Waals surface area contributed by atoms with Crippen molar-refractivity contribution in [2.75, 3.05) is 9.80 Å².